The smallest absolute Gasteiger partial charge is 0.126 e. The van der Waals surface area contributed by atoms with E-state index in [9.17, 15) is 8.78 Å². The van der Waals surface area contributed by atoms with Crippen molar-refractivity contribution in [1.82, 2.24) is 4.90 Å². The Morgan fingerprint density at radius 3 is 2.33 bits per heavy atom. The molecule has 1 aliphatic carbocycles. The van der Waals surface area contributed by atoms with Crippen LogP contribution in [0.1, 0.15) is 31.2 Å². The molecule has 1 aromatic carbocycles. The number of rotatable bonds is 6. The molecule has 1 aromatic rings. The van der Waals surface area contributed by atoms with E-state index in [1.807, 2.05) is 0 Å². The van der Waals surface area contributed by atoms with Gasteiger partial charge in [0.25, 0.3) is 0 Å². The van der Waals surface area contributed by atoms with Crippen molar-refractivity contribution in [1.29, 1.82) is 0 Å². The molecule has 18 heavy (non-hydrogen) atoms. The molecule has 0 spiro atoms. The van der Waals surface area contributed by atoms with Gasteiger partial charge in [-0.1, -0.05) is 6.42 Å². The Hall–Kier alpha value is -1.00. The third kappa shape index (κ3) is 3.50. The van der Waals surface area contributed by atoms with Gasteiger partial charge in [0.1, 0.15) is 11.6 Å². The fourth-order valence-corrected chi connectivity index (χ4v) is 2.37. The first-order valence-electron chi connectivity index (χ1n) is 6.58. The fourth-order valence-electron chi connectivity index (χ4n) is 2.37. The van der Waals surface area contributed by atoms with Crippen molar-refractivity contribution in [2.24, 2.45) is 5.73 Å². The Bertz CT molecular complexity index is 371. The first-order valence-corrected chi connectivity index (χ1v) is 6.58. The molecule has 2 N–H and O–H groups in total. The molecule has 0 bridgehead atoms. The van der Waals surface area contributed by atoms with Crippen LogP contribution in [0.2, 0.25) is 0 Å². The molecule has 100 valence electrons. The molecular formula is C14H20F2N2. The summed E-state index contributed by atoms with van der Waals surface area (Å²) < 4.78 is 26.3. The molecule has 0 saturated heterocycles. The zero-order valence-corrected chi connectivity index (χ0v) is 10.5. The van der Waals surface area contributed by atoms with E-state index < -0.39 is 11.6 Å². The predicted molar refractivity (Wildman–Crippen MR) is 68.1 cm³/mol. The summed E-state index contributed by atoms with van der Waals surface area (Å²) in [5, 5.41) is 0. The van der Waals surface area contributed by atoms with Crippen molar-refractivity contribution in [2.75, 3.05) is 13.1 Å². The van der Waals surface area contributed by atoms with Crippen LogP contribution >= 0.6 is 0 Å². The SMILES string of the molecule is NCCCN(Cc1cc(F)cc(F)c1)C1CCC1. The molecule has 1 saturated carbocycles. The molecule has 1 fully saturated rings. The van der Waals surface area contributed by atoms with Crippen molar-refractivity contribution < 1.29 is 8.78 Å². The van der Waals surface area contributed by atoms with Crippen LogP contribution in [0, 0.1) is 11.6 Å². The van der Waals surface area contributed by atoms with Crippen LogP contribution in [0.15, 0.2) is 18.2 Å². The fraction of sp³-hybridized carbons (Fsp3) is 0.571. The van der Waals surface area contributed by atoms with E-state index in [0.717, 1.165) is 19.0 Å². The first-order chi connectivity index (χ1) is 8.69. The number of benzene rings is 1. The monoisotopic (exact) mass is 254 g/mol. The Balaban J connectivity index is 2.02. The van der Waals surface area contributed by atoms with E-state index in [-0.39, 0.29) is 0 Å². The van der Waals surface area contributed by atoms with Crippen molar-refractivity contribution in [3.05, 3.63) is 35.4 Å². The Morgan fingerprint density at radius 1 is 1.17 bits per heavy atom. The van der Waals surface area contributed by atoms with E-state index in [1.54, 1.807) is 0 Å². The summed E-state index contributed by atoms with van der Waals surface area (Å²) in [6, 6.07) is 4.30. The first kappa shape index (κ1) is 13.4. The summed E-state index contributed by atoms with van der Waals surface area (Å²) in [7, 11) is 0. The molecular weight excluding hydrogens is 234 g/mol. The lowest BCUT2D eigenvalue weighted by Crippen LogP contribution is -2.40. The highest BCUT2D eigenvalue weighted by atomic mass is 19.1. The number of halogens is 2. The summed E-state index contributed by atoms with van der Waals surface area (Å²) in [5.74, 6) is -1.00. The maximum Gasteiger partial charge on any atom is 0.126 e. The largest absolute Gasteiger partial charge is 0.330 e. The zero-order valence-electron chi connectivity index (χ0n) is 10.5. The quantitative estimate of drug-likeness (QED) is 0.845. The molecule has 2 nitrogen and oxygen atoms in total. The predicted octanol–water partition coefficient (Wildman–Crippen LogP) is 2.67. The van der Waals surface area contributed by atoms with Crippen molar-refractivity contribution in [3.63, 3.8) is 0 Å². The highest BCUT2D eigenvalue weighted by Crippen LogP contribution is 2.26. The molecule has 0 radical (unpaired) electrons. The highest BCUT2D eigenvalue weighted by molar-refractivity contribution is 5.18. The van der Waals surface area contributed by atoms with Crippen LogP contribution in [-0.4, -0.2) is 24.0 Å². The number of hydrogen-bond donors (Lipinski definition) is 1. The molecule has 0 unspecified atom stereocenters. The third-order valence-electron chi connectivity index (χ3n) is 3.55. The molecule has 0 atom stereocenters. The van der Waals surface area contributed by atoms with Gasteiger partial charge in [-0.2, -0.15) is 0 Å². The number of nitrogens with two attached hydrogens (primary N) is 1. The minimum atomic E-state index is -0.502. The second-order valence-corrected chi connectivity index (χ2v) is 4.98. The van der Waals surface area contributed by atoms with Gasteiger partial charge >= 0.3 is 0 Å². The van der Waals surface area contributed by atoms with Gasteiger partial charge in [0.15, 0.2) is 0 Å². The average molecular weight is 254 g/mol. The van der Waals surface area contributed by atoms with Crippen molar-refractivity contribution in [2.45, 2.75) is 38.3 Å². The standard InChI is InChI=1S/C14H20F2N2/c15-12-7-11(8-13(16)9-12)10-18(6-2-5-17)14-3-1-4-14/h7-9,14H,1-6,10,17H2. The van der Waals surface area contributed by atoms with E-state index in [1.165, 1.54) is 31.4 Å². The lowest BCUT2D eigenvalue weighted by atomic mass is 9.91. The maximum atomic E-state index is 13.1. The number of nitrogens with zero attached hydrogens (tertiary/aromatic N) is 1. The summed E-state index contributed by atoms with van der Waals surface area (Å²) in [6.45, 7) is 2.17. The average Bonchev–Trinajstić information content (AvgIpc) is 2.21. The van der Waals surface area contributed by atoms with E-state index >= 15 is 0 Å². The molecule has 0 amide bonds. The molecule has 0 aliphatic heterocycles. The zero-order chi connectivity index (χ0) is 13.0. The second kappa shape index (κ2) is 6.25. The van der Waals surface area contributed by atoms with Crippen molar-refractivity contribution >= 4 is 0 Å². The van der Waals surface area contributed by atoms with Gasteiger partial charge in [-0.25, -0.2) is 8.78 Å². The number of hydrogen-bond acceptors (Lipinski definition) is 2. The second-order valence-electron chi connectivity index (χ2n) is 4.98. The molecule has 0 aromatic heterocycles. The molecule has 1 aliphatic rings. The molecule has 0 heterocycles. The van der Waals surface area contributed by atoms with Crippen LogP contribution in [-0.2, 0) is 6.54 Å². The Labute approximate surface area is 107 Å². The van der Waals surface area contributed by atoms with Gasteiger partial charge in [0.2, 0.25) is 0 Å². The lowest BCUT2D eigenvalue weighted by molar-refractivity contribution is 0.118. The van der Waals surface area contributed by atoms with Gasteiger partial charge in [-0.15, -0.1) is 0 Å². The maximum absolute atomic E-state index is 13.1. The van der Waals surface area contributed by atoms with Gasteiger partial charge in [0.05, 0.1) is 0 Å². The van der Waals surface area contributed by atoms with E-state index in [0.29, 0.717) is 24.7 Å². The van der Waals surface area contributed by atoms with Crippen LogP contribution in [0.5, 0.6) is 0 Å². The minimum absolute atomic E-state index is 0.502. The normalized spacial score (nSPS) is 16.0. The van der Waals surface area contributed by atoms with E-state index in [2.05, 4.69) is 4.90 Å². The van der Waals surface area contributed by atoms with Crippen LogP contribution in [0.25, 0.3) is 0 Å². The van der Waals surface area contributed by atoms with E-state index in [4.69, 9.17) is 5.73 Å². The molecule has 4 heteroatoms. The highest BCUT2D eigenvalue weighted by Gasteiger charge is 2.24. The summed E-state index contributed by atoms with van der Waals surface area (Å²) in [5.41, 5.74) is 6.24. The van der Waals surface area contributed by atoms with Gasteiger partial charge in [-0.3, -0.25) is 4.90 Å². The van der Waals surface area contributed by atoms with Crippen molar-refractivity contribution in [3.8, 4) is 0 Å². The minimum Gasteiger partial charge on any atom is -0.330 e. The van der Waals surface area contributed by atoms with Crippen LogP contribution < -0.4 is 5.73 Å². The topological polar surface area (TPSA) is 29.3 Å². The van der Waals surface area contributed by atoms with Gasteiger partial charge < -0.3 is 5.73 Å². The Kier molecular flexibility index (Phi) is 4.66. The Morgan fingerprint density at radius 2 is 1.83 bits per heavy atom. The lowest BCUT2D eigenvalue weighted by Gasteiger charge is -2.37. The van der Waals surface area contributed by atoms with Gasteiger partial charge in [-0.05, 0) is 50.0 Å². The molecule has 2 rings (SSSR count). The summed E-state index contributed by atoms with van der Waals surface area (Å²) in [4.78, 5) is 2.30. The summed E-state index contributed by atoms with van der Waals surface area (Å²) in [6.07, 6.45) is 4.54. The summed E-state index contributed by atoms with van der Waals surface area (Å²) >= 11 is 0. The van der Waals surface area contributed by atoms with Crippen LogP contribution in [0.4, 0.5) is 8.78 Å². The third-order valence-corrected chi connectivity index (χ3v) is 3.55. The van der Waals surface area contributed by atoms with Crippen LogP contribution in [0.3, 0.4) is 0 Å². The van der Waals surface area contributed by atoms with Gasteiger partial charge in [0, 0.05) is 18.7 Å².